The molecule has 0 spiro atoms. The van der Waals surface area contributed by atoms with Crippen LogP contribution < -0.4 is 0 Å². The molecule has 0 radical (unpaired) electrons. The molecule has 0 bridgehead atoms. The molecule has 0 saturated heterocycles. The van der Waals surface area contributed by atoms with Crippen LogP contribution in [0, 0.1) is 0 Å². The van der Waals surface area contributed by atoms with E-state index in [4.69, 9.17) is 5.11 Å². The van der Waals surface area contributed by atoms with Gasteiger partial charge in [-0.25, -0.2) is 0 Å². The maximum Gasteiger partial charge on any atom is 0.157 e. The molecule has 2 nitrogen and oxygen atoms in total. The summed E-state index contributed by atoms with van der Waals surface area (Å²) in [5, 5.41) is 8.72. The zero-order valence-electron chi connectivity index (χ0n) is 7.68. The summed E-state index contributed by atoms with van der Waals surface area (Å²) in [5.41, 5.74) is 0. The van der Waals surface area contributed by atoms with Crippen molar-refractivity contribution in [1.82, 2.24) is 0 Å². The fourth-order valence-electron chi connectivity index (χ4n) is 1.09. The molecule has 1 N–H and O–H groups in total. The number of hydrogen-bond acceptors (Lipinski definition) is 1. The minimum absolute atomic E-state index is 0.366. The number of alkyl halides is 1. The van der Waals surface area contributed by atoms with Gasteiger partial charge in [-0.2, -0.15) is 0 Å². The maximum atomic E-state index is 9.09. The number of quaternary nitrogens is 1. The SMILES string of the molecule is CCCC[N+](C)(C)CC(O)Br. The zero-order chi connectivity index (χ0) is 8.91. The van der Waals surface area contributed by atoms with Crippen molar-refractivity contribution in [2.75, 3.05) is 27.2 Å². The number of aliphatic hydroxyl groups excluding tert-OH is 1. The van der Waals surface area contributed by atoms with Gasteiger partial charge in [-0.3, -0.25) is 0 Å². The summed E-state index contributed by atoms with van der Waals surface area (Å²) in [6.45, 7) is 4.10. The molecule has 11 heavy (non-hydrogen) atoms. The van der Waals surface area contributed by atoms with E-state index in [1.165, 1.54) is 12.8 Å². The molecule has 0 amide bonds. The molecular formula is C8H19BrNO+. The topological polar surface area (TPSA) is 20.2 Å². The third-order valence-corrected chi connectivity index (χ3v) is 2.05. The predicted molar refractivity (Wildman–Crippen MR) is 51.7 cm³/mol. The Kier molecular flexibility index (Phi) is 5.30. The average molecular weight is 225 g/mol. The van der Waals surface area contributed by atoms with E-state index in [9.17, 15) is 0 Å². The Balaban J connectivity index is 3.61. The highest BCUT2D eigenvalue weighted by Gasteiger charge is 2.17. The Hall–Kier alpha value is 0.400. The van der Waals surface area contributed by atoms with Crippen LogP contribution in [0.15, 0.2) is 0 Å². The molecule has 0 aromatic heterocycles. The first kappa shape index (κ1) is 11.4. The van der Waals surface area contributed by atoms with E-state index >= 15 is 0 Å². The van der Waals surface area contributed by atoms with Crippen LogP contribution in [0.25, 0.3) is 0 Å². The molecule has 0 fully saturated rings. The standard InChI is InChI=1S/C8H19BrNO/c1-4-5-6-10(2,3)7-8(9)11/h8,11H,4-7H2,1-3H3/q+1. The third kappa shape index (κ3) is 6.78. The average Bonchev–Trinajstić information content (AvgIpc) is 1.81. The van der Waals surface area contributed by atoms with E-state index in [-0.39, 0.29) is 5.01 Å². The summed E-state index contributed by atoms with van der Waals surface area (Å²) in [6.07, 6.45) is 2.45. The summed E-state index contributed by atoms with van der Waals surface area (Å²) >= 11 is 3.14. The first-order valence-electron chi connectivity index (χ1n) is 4.12. The highest BCUT2D eigenvalue weighted by Crippen LogP contribution is 2.06. The number of unbranched alkanes of at least 4 members (excludes halogenated alkanes) is 1. The van der Waals surface area contributed by atoms with Crippen LogP contribution in [0.1, 0.15) is 19.8 Å². The number of halogens is 1. The molecular weight excluding hydrogens is 206 g/mol. The van der Waals surface area contributed by atoms with E-state index in [0.29, 0.717) is 0 Å². The number of aliphatic hydroxyl groups is 1. The molecule has 0 aliphatic heterocycles. The summed E-state index contributed by atoms with van der Waals surface area (Å²) in [6, 6.07) is 0. The molecule has 1 unspecified atom stereocenters. The highest BCUT2D eigenvalue weighted by molar-refractivity contribution is 9.09. The van der Waals surface area contributed by atoms with Gasteiger partial charge in [0.2, 0.25) is 0 Å². The fraction of sp³-hybridized carbons (Fsp3) is 1.00. The number of rotatable bonds is 5. The Labute approximate surface area is 77.9 Å². The quantitative estimate of drug-likeness (QED) is 0.556. The van der Waals surface area contributed by atoms with Gasteiger partial charge < -0.3 is 9.59 Å². The van der Waals surface area contributed by atoms with Crippen LogP contribution in [-0.4, -0.2) is 41.8 Å². The smallest absolute Gasteiger partial charge is 0.157 e. The van der Waals surface area contributed by atoms with Crippen molar-refractivity contribution in [1.29, 1.82) is 0 Å². The molecule has 0 rings (SSSR count). The van der Waals surface area contributed by atoms with E-state index in [0.717, 1.165) is 17.6 Å². The second kappa shape index (κ2) is 5.12. The second-order valence-electron chi connectivity index (χ2n) is 3.63. The van der Waals surface area contributed by atoms with Gasteiger partial charge in [-0.15, -0.1) is 0 Å². The summed E-state index contributed by atoms with van der Waals surface area (Å²) in [7, 11) is 4.28. The maximum absolute atomic E-state index is 9.09. The number of nitrogens with zero attached hydrogens (tertiary/aromatic N) is 1. The van der Waals surface area contributed by atoms with Gasteiger partial charge >= 0.3 is 0 Å². The van der Waals surface area contributed by atoms with Crippen LogP contribution in [0.5, 0.6) is 0 Å². The highest BCUT2D eigenvalue weighted by atomic mass is 79.9. The molecule has 0 aliphatic rings. The first-order valence-corrected chi connectivity index (χ1v) is 5.03. The van der Waals surface area contributed by atoms with Gasteiger partial charge in [0.15, 0.2) is 5.01 Å². The van der Waals surface area contributed by atoms with Crippen LogP contribution in [0.2, 0.25) is 0 Å². The lowest BCUT2D eigenvalue weighted by Crippen LogP contribution is -2.44. The van der Waals surface area contributed by atoms with E-state index in [1.54, 1.807) is 0 Å². The van der Waals surface area contributed by atoms with Gasteiger partial charge in [0.05, 0.1) is 20.6 Å². The van der Waals surface area contributed by atoms with Crippen LogP contribution in [0.3, 0.4) is 0 Å². The van der Waals surface area contributed by atoms with Crippen LogP contribution >= 0.6 is 15.9 Å². The van der Waals surface area contributed by atoms with Crippen molar-refractivity contribution in [3.05, 3.63) is 0 Å². The Bertz CT molecular complexity index is 104. The molecule has 1 atom stereocenters. The van der Waals surface area contributed by atoms with Gasteiger partial charge in [-0.05, 0) is 6.42 Å². The number of hydrogen-bond donors (Lipinski definition) is 1. The third-order valence-electron chi connectivity index (χ3n) is 1.76. The fourth-order valence-corrected chi connectivity index (χ4v) is 1.87. The van der Waals surface area contributed by atoms with Gasteiger partial charge in [0.1, 0.15) is 6.54 Å². The Morgan fingerprint density at radius 2 is 2.00 bits per heavy atom. The molecule has 68 valence electrons. The zero-order valence-corrected chi connectivity index (χ0v) is 9.26. The van der Waals surface area contributed by atoms with Crippen molar-refractivity contribution in [3.8, 4) is 0 Å². The summed E-state index contributed by atoms with van der Waals surface area (Å²) < 4.78 is 0.889. The normalized spacial score (nSPS) is 15.0. The molecule has 0 aromatic carbocycles. The van der Waals surface area contributed by atoms with Crippen molar-refractivity contribution in [3.63, 3.8) is 0 Å². The lowest BCUT2D eigenvalue weighted by molar-refractivity contribution is -0.891. The Morgan fingerprint density at radius 1 is 1.45 bits per heavy atom. The molecule has 0 saturated carbocycles. The van der Waals surface area contributed by atoms with E-state index < -0.39 is 0 Å². The largest absolute Gasteiger partial charge is 0.376 e. The minimum atomic E-state index is -0.366. The molecule has 0 aliphatic carbocycles. The first-order chi connectivity index (χ1) is 4.98. The lowest BCUT2D eigenvalue weighted by atomic mass is 10.3. The lowest BCUT2D eigenvalue weighted by Gasteiger charge is -2.30. The Morgan fingerprint density at radius 3 is 2.36 bits per heavy atom. The van der Waals surface area contributed by atoms with E-state index in [2.05, 4.69) is 36.9 Å². The van der Waals surface area contributed by atoms with Crippen LogP contribution in [0.4, 0.5) is 0 Å². The van der Waals surface area contributed by atoms with Crippen molar-refractivity contribution in [2.24, 2.45) is 0 Å². The molecule has 0 heterocycles. The number of likely N-dealkylation sites (N-methyl/N-ethyl adjacent to an activating group) is 1. The van der Waals surface area contributed by atoms with Gasteiger partial charge in [-0.1, -0.05) is 29.3 Å². The van der Waals surface area contributed by atoms with Crippen LogP contribution in [-0.2, 0) is 0 Å². The molecule has 0 aromatic rings. The van der Waals surface area contributed by atoms with Gasteiger partial charge in [0, 0.05) is 0 Å². The van der Waals surface area contributed by atoms with Gasteiger partial charge in [0.25, 0.3) is 0 Å². The van der Waals surface area contributed by atoms with E-state index in [1.807, 2.05) is 0 Å². The monoisotopic (exact) mass is 224 g/mol. The molecule has 3 heteroatoms. The van der Waals surface area contributed by atoms with Crippen molar-refractivity contribution < 1.29 is 9.59 Å². The van der Waals surface area contributed by atoms with Crippen molar-refractivity contribution in [2.45, 2.75) is 24.8 Å². The second-order valence-corrected chi connectivity index (χ2v) is 4.69. The van der Waals surface area contributed by atoms with Crippen molar-refractivity contribution >= 4 is 15.9 Å². The summed E-state index contributed by atoms with van der Waals surface area (Å²) in [5.74, 6) is 0. The summed E-state index contributed by atoms with van der Waals surface area (Å²) in [4.78, 5) is 0. The predicted octanol–water partition coefficient (Wildman–Crippen LogP) is 1.58. The minimum Gasteiger partial charge on any atom is -0.376 e.